The third-order valence-electron chi connectivity index (χ3n) is 5.00. The molecule has 2 amide bonds. The highest BCUT2D eigenvalue weighted by molar-refractivity contribution is 6.08. The predicted octanol–water partition coefficient (Wildman–Crippen LogP) is 3.37. The molecule has 1 aromatic heterocycles. The van der Waals surface area contributed by atoms with E-state index in [1.54, 1.807) is 30.2 Å². The van der Waals surface area contributed by atoms with Crippen molar-refractivity contribution in [2.24, 2.45) is 5.73 Å². The van der Waals surface area contributed by atoms with Gasteiger partial charge in [0.05, 0.1) is 10.5 Å². The Balaban J connectivity index is 2.07. The zero-order valence-corrected chi connectivity index (χ0v) is 15.1. The number of aromatic amines is 1. The first-order chi connectivity index (χ1) is 12.9. The lowest BCUT2D eigenvalue weighted by atomic mass is 10.0. The first kappa shape index (κ1) is 18.6. The van der Waals surface area contributed by atoms with E-state index < -0.39 is 10.8 Å². The molecule has 1 heterocycles. The molecule has 1 aliphatic rings. The number of carbonyl (C=O) groups is 2. The van der Waals surface area contributed by atoms with Gasteiger partial charge >= 0.3 is 0 Å². The molecule has 0 unspecified atom stereocenters. The minimum atomic E-state index is -0.647. The molecule has 0 aliphatic heterocycles. The fourth-order valence-corrected chi connectivity index (χ4v) is 3.69. The van der Waals surface area contributed by atoms with E-state index in [1.807, 2.05) is 0 Å². The lowest BCUT2D eigenvalue weighted by Gasteiger charge is -2.28. The van der Waals surface area contributed by atoms with Crippen molar-refractivity contribution in [3.8, 4) is 11.1 Å². The average molecular weight is 370 g/mol. The molecule has 1 aliphatic carbocycles. The molecule has 142 valence electrons. The maximum Gasteiger partial charge on any atom is 0.269 e. The summed E-state index contributed by atoms with van der Waals surface area (Å²) in [5.41, 5.74) is 6.99. The minimum Gasteiger partial charge on any atom is -0.365 e. The summed E-state index contributed by atoms with van der Waals surface area (Å²) in [5.74, 6) is -0.303. The van der Waals surface area contributed by atoms with E-state index in [2.05, 4.69) is 4.98 Å². The maximum absolute atomic E-state index is 12.6. The van der Waals surface area contributed by atoms with Crippen molar-refractivity contribution in [3.05, 3.63) is 46.1 Å². The van der Waals surface area contributed by atoms with Crippen molar-refractivity contribution in [1.82, 2.24) is 4.98 Å². The Bertz CT molecular complexity index is 866. The van der Waals surface area contributed by atoms with Crippen LogP contribution in [0.25, 0.3) is 11.1 Å². The summed E-state index contributed by atoms with van der Waals surface area (Å²) >= 11 is 0. The zero-order valence-electron chi connectivity index (χ0n) is 15.1. The maximum atomic E-state index is 12.6. The van der Waals surface area contributed by atoms with Crippen LogP contribution in [0.2, 0.25) is 0 Å². The van der Waals surface area contributed by atoms with Gasteiger partial charge in [0.25, 0.3) is 11.6 Å². The highest BCUT2D eigenvalue weighted by Gasteiger charge is 2.32. The van der Waals surface area contributed by atoms with E-state index in [4.69, 9.17) is 5.73 Å². The SMILES string of the molecule is CCC(=O)N(c1[nH]cc(-c2ccc([N+](=O)[O-])cc2)c1C(N)=O)C1CCCC1. The molecular weight excluding hydrogens is 348 g/mol. The lowest BCUT2D eigenvalue weighted by Crippen LogP contribution is -2.40. The number of nitro benzene ring substituents is 1. The summed E-state index contributed by atoms with van der Waals surface area (Å²) in [5, 5.41) is 10.9. The van der Waals surface area contributed by atoms with Gasteiger partial charge in [0, 0.05) is 36.4 Å². The predicted molar refractivity (Wildman–Crippen MR) is 101 cm³/mol. The third kappa shape index (κ3) is 3.55. The Hall–Kier alpha value is -3.16. The van der Waals surface area contributed by atoms with Crippen molar-refractivity contribution in [2.45, 2.75) is 45.1 Å². The van der Waals surface area contributed by atoms with Crippen LogP contribution in [0.5, 0.6) is 0 Å². The van der Waals surface area contributed by atoms with E-state index >= 15 is 0 Å². The van der Waals surface area contributed by atoms with Crippen LogP contribution in [0, 0.1) is 10.1 Å². The largest absolute Gasteiger partial charge is 0.365 e. The monoisotopic (exact) mass is 370 g/mol. The molecule has 8 nitrogen and oxygen atoms in total. The number of benzene rings is 1. The second-order valence-corrected chi connectivity index (χ2v) is 6.65. The Morgan fingerprint density at radius 3 is 2.41 bits per heavy atom. The first-order valence-electron chi connectivity index (χ1n) is 9.02. The number of nitro groups is 1. The number of hydrogen-bond acceptors (Lipinski definition) is 4. The van der Waals surface area contributed by atoms with E-state index in [0.717, 1.165) is 25.7 Å². The van der Waals surface area contributed by atoms with Gasteiger partial charge in [-0.05, 0) is 30.5 Å². The van der Waals surface area contributed by atoms with Crippen molar-refractivity contribution in [3.63, 3.8) is 0 Å². The van der Waals surface area contributed by atoms with Crippen molar-refractivity contribution >= 4 is 23.3 Å². The van der Waals surface area contributed by atoms with Gasteiger partial charge in [-0.2, -0.15) is 0 Å². The van der Waals surface area contributed by atoms with Crippen molar-refractivity contribution in [1.29, 1.82) is 0 Å². The Morgan fingerprint density at radius 1 is 1.26 bits per heavy atom. The first-order valence-corrected chi connectivity index (χ1v) is 9.02. The molecule has 1 saturated carbocycles. The fraction of sp³-hybridized carbons (Fsp3) is 0.368. The van der Waals surface area contributed by atoms with Crippen LogP contribution in [0.4, 0.5) is 11.5 Å². The molecule has 27 heavy (non-hydrogen) atoms. The molecule has 0 atom stereocenters. The molecule has 3 N–H and O–H groups in total. The van der Waals surface area contributed by atoms with Gasteiger partial charge in [0.1, 0.15) is 5.82 Å². The van der Waals surface area contributed by atoms with Gasteiger partial charge in [-0.3, -0.25) is 24.6 Å². The van der Waals surface area contributed by atoms with E-state index in [0.29, 0.717) is 23.4 Å². The number of rotatable bonds is 6. The van der Waals surface area contributed by atoms with Crippen LogP contribution in [0.3, 0.4) is 0 Å². The van der Waals surface area contributed by atoms with Crippen LogP contribution in [0.15, 0.2) is 30.5 Å². The highest BCUT2D eigenvalue weighted by Crippen LogP contribution is 2.36. The molecule has 0 bridgehead atoms. The van der Waals surface area contributed by atoms with Crippen LogP contribution in [-0.4, -0.2) is 27.8 Å². The lowest BCUT2D eigenvalue weighted by molar-refractivity contribution is -0.384. The number of nitrogens with two attached hydrogens (primary N) is 1. The molecule has 0 radical (unpaired) electrons. The molecule has 0 spiro atoms. The van der Waals surface area contributed by atoms with E-state index in [9.17, 15) is 19.7 Å². The van der Waals surface area contributed by atoms with Gasteiger partial charge in [-0.1, -0.05) is 19.8 Å². The van der Waals surface area contributed by atoms with Crippen molar-refractivity contribution < 1.29 is 14.5 Å². The van der Waals surface area contributed by atoms with Crippen LogP contribution >= 0.6 is 0 Å². The second kappa shape index (κ2) is 7.61. The van der Waals surface area contributed by atoms with Gasteiger partial charge < -0.3 is 10.7 Å². The number of aromatic nitrogens is 1. The van der Waals surface area contributed by atoms with Crippen LogP contribution in [0.1, 0.15) is 49.4 Å². The number of primary amides is 1. The average Bonchev–Trinajstić information content (AvgIpc) is 3.32. The third-order valence-corrected chi connectivity index (χ3v) is 5.00. The number of non-ortho nitro benzene ring substituents is 1. The highest BCUT2D eigenvalue weighted by atomic mass is 16.6. The summed E-state index contributed by atoms with van der Waals surface area (Å²) in [6.45, 7) is 1.79. The number of carbonyl (C=O) groups excluding carboxylic acids is 2. The summed E-state index contributed by atoms with van der Waals surface area (Å²) < 4.78 is 0. The Kier molecular flexibility index (Phi) is 5.25. The molecule has 0 saturated heterocycles. The van der Waals surface area contributed by atoms with Gasteiger partial charge in [-0.25, -0.2) is 0 Å². The number of nitrogens with one attached hydrogen (secondary N) is 1. The molecule has 1 aromatic carbocycles. The summed E-state index contributed by atoms with van der Waals surface area (Å²) in [6, 6.07) is 5.93. The number of hydrogen-bond donors (Lipinski definition) is 2. The number of nitrogens with zero attached hydrogens (tertiary/aromatic N) is 2. The second-order valence-electron chi connectivity index (χ2n) is 6.65. The molecule has 3 rings (SSSR count). The number of H-pyrrole nitrogens is 1. The quantitative estimate of drug-likeness (QED) is 0.598. The standard InChI is InChI=1S/C19H22N4O4/c1-2-16(24)22(13-5-3-4-6-13)19-17(18(20)25)15(11-21-19)12-7-9-14(10-8-12)23(26)27/h7-11,13,21H,2-6H2,1H3,(H2,20,25). The Morgan fingerprint density at radius 2 is 1.89 bits per heavy atom. The van der Waals surface area contributed by atoms with Gasteiger partial charge in [-0.15, -0.1) is 0 Å². The summed E-state index contributed by atoms with van der Waals surface area (Å²) in [4.78, 5) is 40.0. The summed E-state index contributed by atoms with van der Waals surface area (Å²) in [6.07, 6.45) is 5.80. The fourth-order valence-electron chi connectivity index (χ4n) is 3.69. The topological polar surface area (TPSA) is 122 Å². The molecule has 2 aromatic rings. The minimum absolute atomic E-state index is 0.0381. The summed E-state index contributed by atoms with van der Waals surface area (Å²) in [7, 11) is 0. The normalized spacial score (nSPS) is 14.3. The van der Waals surface area contributed by atoms with Gasteiger partial charge in [0.2, 0.25) is 5.91 Å². The molecular formula is C19H22N4O4. The van der Waals surface area contributed by atoms with Crippen molar-refractivity contribution in [2.75, 3.05) is 4.90 Å². The number of anilines is 1. The van der Waals surface area contributed by atoms with Crippen LogP contribution < -0.4 is 10.6 Å². The molecule has 8 heteroatoms. The van der Waals surface area contributed by atoms with E-state index in [-0.39, 0.29) is 23.2 Å². The molecule has 1 fully saturated rings. The smallest absolute Gasteiger partial charge is 0.269 e. The zero-order chi connectivity index (χ0) is 19.6. The van der Waals surface area contributed by atoms with Gasteiger partial charge in [0.15, 0.2) is 0 Å². The van der Waals surface area contributed by atoms with Crippen LogP contribution in [-0.2, 0) is 4.79 Å². The number of amides is 2. The van der Waals surface area contributed by atoms with E-state index in [1.165, 1.54) is 12.1 Å². The Labute approximate surface area is 156 Å².